The first kappa shape index (κ1) is 19.2. The van der Waals surface area contributed by atoms with E-state index in [0.29, 0.717) is 25.5 Å². The normalized spacial score (nSPS) is 12.0. The number of nitrogens with one attached hydrogen (secondary N) is 1. The van der Waals surface area contributed by atoms with E-state index in [1.165, 1.54) is 6.26 Å². The number of carbonyl (C=O) groups excluding carboxylic acids is 2. The van der Waals surface area contributed by atoms with Crippen molar-refractivity contribution in [2.24, 2.45) is 5.92 Å². The third-order valence-corrected chi connectivity index (χ3v) is 3.89. The van der Waals surface area contributed by atoms with Crippen molar-refractivity contribution in [2.45, 2.75) is 59.9 Å². The number of rotatable bonds is 10. The van der Waals surface area contributed by atoms with E-state index in [4.69, 9.17) is 4.42 Å². The van der Waals surface area contributed by atoms with Crippen molar-refractivity contribution in [2.75, 3.05) is 13.1 Å². The van der Waals surface area contributed by atoms with Crippen LogP contribution in [0.3, 0.4) is 0 Å². The van der Waals surface area contributed by atoms with Crippen LogP contribution in [0.1, 0.15) is 69.8 Å². The van der Waals surface area contributed by atoms with Gasteiger partial charge in [0.1, 0.15) is 6.26 Å². The highest BCUT2D eigenvalue weighted by atomic mass is 16.3. The molecule has 1 aromatic heterocycles. The van der Waals surface area contributed by atoms with Gasteiger partial charge < -0.3 is 14.6 Å². The maximum atomic E-state index is 12.6. The summed E-state index contributed by atoms with van der Waals surface area (Å²) in [7, 11) is 0. The van der Waals surface area contributed by atoms with E-state index < -0.39 is 0 Å². The van der Waals surface area contributed by atoms with Gasteiger partial charge in [0.05, 0.1) is 6.54 Å². The van der Waals surface area contributed by atoms with Crippen molar-refractivity contribution in [1.82, 2.24) is 15.2 Å². The third-order valence-electron chi connectivity index (χ3n) is 3.89. The van der Waals surface area contributed by atoms with Gasteiger partial charge in [0.2, 0.25) is 11.8 Å². The van der Waals surface area contributed by atoms with Gasteiger partial charge in [0.25, 0.3) is 5.91 Å². The molecule has 0 radical (unpaired) electrons. The molecule has 0 aliphatic carbocycles. The number of nitrogens with zero attached hydrogens (tertiary/aromatic N) is 2. The lowest BCUT2D eigenvalue weighted by molar-refractivity contribution is -0.136. The van der Waals surface area contributed by atoms with E-state index in [-0.39, 0.29) is 23.4 Å². The lowest BCUT2D eigenvalue weighted by Crippen LogP contribution is -2.35. The Kier molecular flexibility index (Phi) is 8.37. The minimum Gasteiger partial charge on any atom is -0.446 e. The molecule has 1 rings (SSSR count). The van der Waals surface area contributed by atoms with Gasteiger partial charge in [0.15, 0.2) is 5.69 Å². The first-order valence-electron chi connectivity index (χ1n) is 8.58. The molecular formula is C17H29N3O3. The van der Waals surface area contributed by atoms with E-state index in [1.54, 1.807) is 4.90 Å². The Morgan fingerprint density at radius 3 is 2.61 bits per heavy atom. The van der Waals surface area contributed by atoms with Crippen LogP contribution in [0.4, 0.5) is 0 Å². The predicted octanol–water partition coefficient (Wildman–Crippen LogP) is 2.99. The highest BCUT2D eigenvalue weighted by molar-refractivity contribution is 5.91. The maximum absolute atomic E-state index is 12.6. The Bertz CT molecular complexity index is 499. The SMILES string of the molecule is CCCCC(CC)C(=O)N(CC)Cc1nc(C(=O)NCC)co1. The largest absolute Gasteiger partial charge is 0.446 e. The van der Waals surface area contributed by atoms with Gasteiger partial charge >= 0.3 is 0 Å². The summed E-state index contributed by atoms with van der Waals surface area (Å²) in [6.07, 6.45) is 5.24. The fourth-order valence-electron chi connectivity index (χ4n) is 2.46. The number of amides is 2. The Labute approximate surface area is 138 Å². The van der Waals surface area contributed by atoms with Gasteiger partial charge in [-0.05, 0) is 26.7 Å². The standard InChI is InChI=1S/C17H29N3O3/c1-5-9-10-13(6-2)17(22)20(8-4)11-15-19-14(12-23-15)16(21)18-7-3/h12-13H,5-11H2,1-4H3,(H,18,21). The van der Waals surface area contributed by atoms with Crippen LogP contribution in [0.25, 0.3) is 0 Å². The summed E-state index contributed by atoms with van der Waals surface area (Å²) >= 11 is 0. The second kappa shape index (κ2) is 10.0. The number of unbranched alkanes of at least 4 members (excludes halogenated alkanes) is 1. The molecule has 1 N–H and O–H groups in total. The van der Waals surface area contributed by atoms with Gasteiger partial charge in [-0.3, -0.25) is 9.59 Å². The first-order valence-corrected chi connectivity index (χ1v) is 8.58. The summed E-state index contributed by atoms with van der Waals surface area (Å²) in [5, 5.41) is 2.67. The monoisotopic (exact) mass is 323 g/mol. The van der Waals surface area contributed by atoms with Gasteiger partial charge in [0, 0.05) is 19.0 Å². The summed E-state index contributed by atoms with van der Waals surface area (Å²) in [6.45, 7) is 9.40. The molecule has 6 nitrogen and oxygen atoms in total. The van der Waals surface area contributed by atoms with Crippen molar-refractivity contribution in [3.05, 3.63) is 17.8 Å². The van der Waals surface area contributed by atoms with E-state index >= 15 is 0 Å². The van der Waals surface area contributed by atoms with Crippen LogP contribution in [0.15, 0.2) is 10.7 Å². The summed E-state index contributed by atoms with van der Waals surface area (Å²) < 4.78 is 5.34. The van der Waals surface area contributed by atoms with Crippen LogP contribution in [0.5, 0.6) is 0 Å². The minimum atomic E-state index is -0.258. The molecule has 0 aliphatic rings. The molecule has 1 atom stereocenters. The number of carbonyl (C=O) groups is 2. The molecule has 1 aromatic rings. The number of aromatic nitrogens is 1. The molecule has 0 saturated heterocycles. The van der Waals surface area contributed by atoms with Gasteiger partial charge in [-0.15, -0.1) is 0 Å². The lowest BCUT2D eigenvalue weighted by Gasteiger charge is -2.24. The van der Waals surface area contributed by atoms with Crippen LogP contribution >= 0.6 is 0 Å². The number of hydrogen-bond acceptors (Lipinski definition) is 4. The lowest BCUT2D eigenvalue weighted by atomic mass is 9.98. The molecular weight excluding hydrogens is 294 g/mol. The van der Waals surface area contributed by atoms with Crippen molar-refractivity contribution in [3.8, 4) is 0 Å². The summed E-state index contributed by atoms with van der Waals surface area (Å²) in [5.41, 5.74) is 0.253. The van der Waals surface area contributed by atoms with Crippen molar-refractivity contribution >= 4 is 11.8 Å². The zero-order chi connectivity index (χ0) is 17.2. The number of hydrogen-bond donors (Lipinski definition) is 1. The van der Waals surface area contributed by atoms with Crippen LogP contribution in [-0.2, 0) is 11.3 Å². The average molecular weight is 323 g/mol. The Morgan fingerprint density at radius 1 is 1.30 bits per heavy atom. The molecule has 0 aromatic carbocycles. The van der Waals surface area contributed by atoms with Crippen LogP contribution in [0, 0.1) is 5.92 Å². The smallest absolute Gasteiger partial charge is 0.273 e. The molecule has 0 bridgehead atoms. The molecule has 0 saturated carbocycles. The van der Waals surface area contributed by atoms with Gasteiger partial charge in [-0.2, -0.15) is 0 Å². The van der Waals surface area contributed by atoms with Crippen molar-refractivity contribution in [1.29, 1.82) is 0 Å². The van der Waals surface area contributed by atoms with E-state index in [1.807, 2.05) is 20.8 Å². The molecule has 0 aliphatic heterocycles. The summed E-state index contributed by atoms with van der Waals surface area (Å²) in [4.78, 5) is 30.3. The maximum Gasteiger partial charge on any atom is 0.273 e. The zero-order valence-electron chi connectivity index (χ0n) is 14.7. The topological polar surface area (TPSA) is 75.4 Å². The Hall–Kier alpha value is -1.85. The number of oxazole rings is 1. The van der Waals surface area contributed by atoms with Crippen LogP contribution in [0.2, 0.25) is 0 Å². The fraction of sp³-hybridized carbons (Fsp3) is 0.706. The second-order valence-electron chi connectivity index (χ2n) is 5.59. The fourth-order valence-corrected chi connectivity index (χ4v) is 2.46. The highest BCUT2D eigenvalue weighted by Gasteiger charge is 2.23. The van der Waals surface area contributed by atoms with E-state index in [9.17, 15) is 9.59 Å². The van der Waals surface area contributed by atoms with Crippen LogP contribution in [-0.4, -0.2) is 34.8 Å². The van der Waals surface area contributed by atoms with E-state index in [2.05, 4.69) is 17.2 Å². The molecule has 130 valence electrons. The molecule has 0 fully saturated rings. The van der Waals surface area contributed by atoms with E-state index in [0.717, 1.165) is 25.7 Å². The molecule has 1 heterocycles. The van der Waals surface area contributed by atoms with Gasteiger partial charge in [-0.1, -0.05) is 26.7 Å². The quantitative estimate of drug-likeness (QED) is 0.718. The van der Waals surface area contributed by atoms with Crippen molar-refractivity contribution < 1.29 is 14.0 Å². The molecule has 0 spiro atoms. The van der Waals surface area contributed by atoms with Crippen molar-refractivity contribution in [3.63, 3.8) is 0 Å². The predicted molar refractivity (Wildman–Crippen MR) is 88.9 cm³/mol. The summed E-state index contributed by atoms with van der Waals surface area (Å²) in [5.74, 6) is 0.326. The Morgan fingerprint density at radius 2 is 2.04 bits per heavy atom. The molecule has 1 unspecified atom stereocenters. The first-order chi connectivity index (χ1) is 11.1. The molecule has 2 amide bonds. The molecule has 6 heteroatoms. The highest BCUT2D eigenvalue weighted by Crippen LogP contribution is 2.17. The van der Waals surface area contributed by atoms with Crippen LogP contribution < -0.4 is 5.32 Å². The zero-order valence-corrected chi connectivity index (χ0v) is 14.7. The second-order valence-corrected chi connectivity index (χ2v) is 5.59. The van der Waals surface area contributed by atoms with Gasteiger partial charge in [-0.25, -0.2) is 4.98 Å². The third kappa shape index (κ3) is 5.69. The minimum absolute atomic E-state index is 0.0488. The Balaban J connectivity index is 2.71. The average Bonchev–Trinajstić information content (AvgIpc) is 3.02. The summed E-state index contributed by atoms with van der Waals surface area (Å²) in [6, 6.07) is 0. The molecule has 23 heavy (non-hydrogen) atoms.